The molecule has 0 radical (unpaired) electrons. The first-order valence-electron chi connectivity index (χ1n) is 5.09. The van der Waals surface area contributed by atoms with Crippen LogP contribution in [0.5, 0.6) is 0 Å². The van der Waals surface area contributed by atoms with Gasteiger partial charge in [0, 0.05) is 23.9 Å². The second-order valence-electron chi connectivity index (χ2n) is 4.03. The molecule has 0 bridgehead atoms. The predicted molar refractivity (Wildman–Crippen MR) is 63.1 cm³/mol. The smallest absolute Gasteiger partial charge is 0.131 e. The summed E-state index contributed by atoms with van der Waals surface area (Å²) in [5.74, 6) is 0.246. The van der Waals surface area contributed by atoms with Crippen LogP contribution in [0.25, 0.3) is 0 Å². The average molecular weight is 226 g/mol. The quantitative estimate of drug-likeness (QED) is 0.772. The SMILES string of the molecule is CC(=O)CC(C)N(C)Cc1scnc1C. The van der Waals surface area contributed by atoms with E-state index in [4.69, 9.17) is 0 Å². The monoisotopic (exact) mass is 226 g/mol. The van der Waals surface area contributed by atoms with Crippen LogP contribution in [0.15, 0.2) is 5.51 Å². The van der Waals surface area contributed by atoms with Crippen molar-refractivity contribution in [3.8, 4) is 0 Å². The summed E-state index contributed by atoms with van der Waals surface area (Å²) in [4.78, 5) is 18.7. The fourth-order valence-corrected chi connectivity index (χ4v) is 2.27. The lowest BCUT2D eigenvalue weighted by Crippen LogP contribution is -2.30. The molecule has 15 heavy (non-hydrogen) atoms. The van der Waals surface area contributed by atoms with Gasteiger partial charge >= 0.3 is 0 Å². The van der Waals surface area contributed by atoms with E-state index in [2.05, 4.69) is 16.8 Å². The van der Waals surface area contributed by atoms with Crippen LogP contribution in [0.4, 0.5) is 0 Å². The number of carbonyl (C=O) groups is 1. The van der Waals surface area contributed by atoms with Crippen LogP contribution in [0.2, 0.25) is 0 Å². The first-order valence-corrected chi connectivity index (χ1v) is 5.97. The molecule has 1 atom stereocenters. The summed E-state index contributed by atoms with van der Waals surface area (Å²) in [5, 5.41) is 0. The van der Waals surface area contributed by atoms with E-state index in [1.807, 2.05) is 19.5 Å². The third-order valence-electron chi connectivity index (χ3n) is 2.57. The molecule has 0 saturated carbocycles. The van der Waals surface area contributed by atoms with E-state index >= 15 is 0 Å². The highest BCUT2D eigenvalue weighted by atomic mass is 32.1. The van der Waals surface area contributed by atoms with Gasteiger partial charge in [0.2, 0.25) is 0 Å². The Balaban J connectivity index is 2.52. The Hall–Kier alpha value is -0.740. The Bertz CT molecular complexity index is 335. The molecule has 0 aliphatic carbocycles. The molecule has 0 saturated heterocycles. The van der Waals surface area contributed by atoms with Gasteiger partial charge in [0.25, 0.3) is 0 Å². The molecule has 0 spiro atoms. The summed E-state index contributed by atoms with van der Waals surface area (Å²) >= 11 is 1.68. The normalized spacial score (nSPS) is 13.1. The lowest BCUT2D eigenvalue weighted by atomic mass is 10.1. The number of Topliss-reactive ketones (excluding diaryl/α,β-unsaturated/α-hetero) is 1. The minimum atomic E-state index is 0.246. The molecule has 0 aromatic carbocycles. The molecule has 0 amide bonds. The Morgan fingerprint density at radius 1 is 1.67 bits per heavy atom. The van der Waals surface area contributed by atoms with Gasteiger partial charge in [-0.25, -0.2) is 4.98 Å². The summed E-state index contributed by atoms with van der Waals surface area (Å²) in [6, 6.07) is 0.295. The number of hydrogen-bond donors (Lipinski definition) is 0. The number of aromatic nitrogens is 1. The van der Waals surface area contributed by atoms with Crippen LogP contribution in [-0.2, 0) is 11.3 Å². The molecule has 3 nitrogen and oxygen atoms in total. The lowest BCUT2D eigenvalue weighted by Gasteiger charge is -2.23. The standard InChI is InChI=1S/C11H18N2OS/c1-8(5-9(2)14)13(4)6-11-10(3)12-7-15-11/h7-8H,5-6H2,1-4H3. The molecule has 1 unspecified atom stereocenters. The third kappa shape index (κ3) is 3.72. The van der Waals surface area contributed by atoms with Crippen molar-refractivity contribution in [2.45, 2.75) is 39.8 Å². The topological polar surface area (TPSA) is 33.2 Å². The predicted octanol–water partition coefficient (Wildman–Crippen LogP) is 2.25. The van der Waals surface area contributed by atoms with Gasteiger partial charge in [0.05, 0.1) is 11.2 Å². The average Bonchev–Trinajstić information content (AvgIpc) is 2.50. The van der Waals surface area contributed by atoms with E-state index in [9.17, 15) is 4.79 Å². The number of carbonyl (C=O) groups excluding carboxylic acids is 1. The van der Waals surface area contributed by atoms with E-state index in [0.29, 0.717) is 12.5 Å². The Morgan fingerprint density at radius 2 is 2.33 bits per heavy atom. The molecule has 0 fully saturated rings. The molecule has 0 N–H and O–H groups in total. The van der Waals surface area contributed by atoms with Crippen LogP contribution >= 0.6 is 11.3 Å². The Morgan fingerprint density at radius 3 is 2.80 bits per heavy atom. The lowest BCUT2D eigenvalue weighted by molar-refractivity contribution is -0.118. The van der Waals surface area contributed by atoms with E-state index in [1.165, 1.54) is 4.88 Å². The van der Waals surface area contributed by atoms with Gasteiger partial charge in [-0.05, 0) is 27.8 Å². The minimum absolute atomic E-state index is 0.246. The first-order chi connectivity index (χ1) is 7.00. The second-order valence-corrected chi connectivity index (χ2v) is 4.97. The van der Waals surface area contributed by atoms with Crippen LogP contribution in [0, 0.1) is 6.92 Å². The Kier molecular flexibility index (Phi) is 4.42. The van der Waals surface area contributed by atoms with Crippen molar-refractivity contribution in [3.63, 3.8) is 0 Å². The van der Waals surface area contributed by atoms with Crippen molar-refractivity contribution in [1.29, 1.82) is 0 Å². The Labute approximate surface area is 95.1 Å². The molecule has 0 aliphatic heterocycles. The molecule has 1 heterocycles. The fraction of sp³-hybridized carbons (Fsp3) is 0.636. The summed E-state index contributed by atoms with van der Waals surface area (Å²) in [6.45, 7) is 6.63. The molecule has 1 aromatic heterocycles. The summed E-state index contributed by atoms with van der Waals surface area (Å²) in [7, 11) is 2.05. The number of rotatable bonds is 5. The fourth-order valence-electron chi connectivity index (χ4n) is 1.43. The van der Waals surface area contributed by atoms with Crippen molar-refractivity contribution >= 4 is 17.1 Å². The maximum Gasteiger partial charge on any atom is 0.131 e. The molecule has 4 heteroatoms. The number of hydrogen-bond acceptors (Lipinski definition) is 4. The van der Waals surface area contributed by atoms with Crippen molar-refractivity contribution < 1.29 is 4.79 Å². The van der Waals surface area contributed by atoms with Crippen molar-refractivity contribution in [2.24, 2.45) is 0 Å². The van der Waals surface area contributed by atoms with Crippen molar-refractivity contribution in [3.05, 3.63) is 16.1 Å². The summed E-state index contributed by atoms with van der Waals surface area (Å²) in [6.07, 6.45) is 0.619. The van der Waals surface area contributed by atoms with Gasteiger partial charge < -0.3 is 0 Å². The second kappa shape index (κ2) is 5.37. The molecule has 1 rings (SSSR count). The maximum atomic E-state index is 11.0. The van der Waals surface area contributed by atoms with E-state index in [1.54, 1.807) is 18.3 Å². The summed E-state index contributed by atoms with van der Waals surface area (Å²) in [5.41, 5.74) is 2.97. The van der Waals surface area contributed by atoms with Crippen LogP contribution in [0.1, 0.15) is 30.8 Å². The zero-order chi connectivity index (χ0) is 11.4. The minimum Gasteiger partial charge on any atom is -0.300 e. The molecular weight excluding hydrogens is 208 g/mol. The highest BCUT2D eigenvalue weighted by Crippen LogP contribution is 2.16. The van der Waals surface area contributed by atoms with Gasteiger partial charge in [0.15, 0.2) is 0 Å². The number of thiazole rings is 1. The molecule has 0 aliphatic rings. The number of nitrogens with zero attached hydrogens (tertiary/aromatic N) is 2. The summed E-state index contributed by atoms with van der Waals surface area (Å²) < 4.78 is 0. The zero-order valence-electron chi connectivity index (χ0n) is 9.78. The number of aryl methyl sites for hydroxylation is 1. The largest absolute Gasteiger partial charge is 0.300 e. The maximum absolute atomic E-state index is 11.0. The van der Waals surface area contributed by atoms with Gasteiger partial charge in [-0.3, -0.25) is 9.69 Å². The van der Waals surface area contributed by atoms with E-state index < -0.39 is 0 Å². The van der Waals surface area contributed by atoms with Crippen LogP contribution in [-0.4, -0.2) is 28.8 Å². The van der Waals surface area contributed by atoms with Crippen molar-refractivity contribution in [2.75, 3.05) is 7.05 Å². The van der Waals surface area contributed by atoms with Crippen LogP contribution in [0.3, 0.4) is 0 Å². The highest BCUT2D eigenvalue weighted by molar-refractivity contribution is 7.09. The van der Waals surface area contributed by atoms with E-state index in [0.717, 1.165) is 12.2 Å². The molecule has 84 valence electrons. The molecular formula is C11H18N2OS. The zero-order valence-corrected chi connectivity index (χ0v) is 10.6. The molecule has 1 aromatic rings. The number of ketones is 1. The van der Waals surface area contributed by atoms with Crippen molar-refractivity contribution in [1.82, 2.24) is 9.88 Å². The highest BCUT2D eigenvalue weighted by Gasteiger charge is 2.13. The first kappa shape index (κ1) is 12.3. The van der Waals surface area contributed by atoms with Gasteiger partial charge in [-0.15, -0.1) is 11.3 Å². The van der Waals surface area contributed by atoms with Gasteiger partial charge in [-0.2, -0.15) is 0 Å². The van der Waals surface area contributed by atoms with Gasteiger partial charge in [-0.1, -0.05) is 0 Å². The van der Waals surface area contributed by atoms with E-state index in [-0.39, 0.29) is 5.78 Å². The van der Waals surface area contributed by atoms with Crippen LogP contribution < -0.4 is 0 Å². The third-order valence-corrected chi connectivity index (χ3v) is 3.49. The van der Waals surface area contributed by atoms with Gasteiger partial charge in [0.1, 0.15) is 5.78 Å².